The van der Waals surface area contributed by atoms with Crippen molar-refractivity contribution in [3.63, 3.8) is 0 Å². The molecule has 2 aromatic heterocycles. The van der Waals surface area contributed by atoms with Gasteiger partial charge in [0.1, 0.15) is 11.6 Å². The molecule has 1 atom stereocenters. The molecule has 32 heavy (non-hydrogen) atoms. The molecule has 158 valence electrons. The van der Waals surface area contributed by atoms with Crippen molar-refractivity contribution in [2.75, 3.05) is 6.26 Å². The van der Waals surface area contributed by atoms with Crippen molar-refractivity contribution in [2.45, 2.75) is 25.5 Å². The molecule has 0 radical (unpaired) electrons. The van der Waals surface area contributed by atoms with Crippen molar-refractivity contribution in [1.82, 2.24) is 19.9 Å². The maximum absolute atomic E-state index is 4.91. The number of imidazole rings is 2. The molecule has 4 aromatic carbocycles. The Balaban J connectivity index is 1.46. The molecule has 0 aliphatic carbocycles. The van der Waals surface area contributed by atoms with Crippen LogP contribution >= 0.6 is 11.8 Å². The Morgan fingerprint density at radius 1 is 0.781 bits per heavy atom. The number of fused-ring (bicyclic) bond motifs is 6. The zero-order valence-corrected chi connectivity index (χ0v) is 19.2. The topological polar surface area (TPSA) is 57.4 Å². The van der Waals surface area contributed by atoms with Gasteiger partial charge in [-0.2, -0.15) is 11.8 Å². The summed E-state index contributed by atoms with van der Waals surface area (Å²) in [6.07, 6.45) is 3.03. The molecule has 0 bridgehead atoms. The van der Waals surface area contributed by atoms with Crippen LogP contribution in [0, 0.1) is 0 Å². The minimum absolute atomic E-state index is 0.351. The van der Waals surface area contributed by atoms with Gasteiger partial charge in [0.05, 0.1) is 27.3 Å². The Kier molecular flexibility index (Phi) is 4.47. The molecule has 0 aliphatic heterocycles. The summed E-state index contributed by atoms with van der Waals surface area (Å²) in [6.45, 7) is 4.31. The molecule has 0 saturated heterocycles. The fourth-order valence-corrected chi connectivity index (χ4v) is 4.84. The first-order valence-corrected chi connectivity index (χ1v) is 12.3. The van der Waals surface area contributed by atoms with Crippen LogP contribution in [-0.2, 0) is 6.42 Å². The van der Waals surface area contributed by atoms with Gasteiger partial charge in [-0.3, -0.25) is 0 Å². The maximum atomic E-state index is 4.91. The summed E-state index contributed by atoms with van der Waals surface area (Å²) < 4.78 is 0. The van der Waals surface area contributed by atoms with Gasteiger partial charge in [0.2, 0.25) is 0 Å². The van der Waals surface area contributed by atoms with Crippen molar-refractivity contribution in [1.29, 1.82) is 0 Å². The molecule has 5 heteroatoms. The third-order valence-electron chi connectivity index (χ3n) is 6.41. The second-order valence-corrected chi connectivity index (χ2v) is 9.51. The number of nitrogens with zero attached hydrogens (tertiary/aromatic N) is 2. The van der Waals surface area contributed by atoms with E-state index in [9.17, 15) is 0 Å². The molecular weight excluding hydrogens is 412 g/mol. The highest BCUT2D eigenvalue weighted by atomic mass is 32.2. The van der Waals surface area contributed by atoms with Gasteiger partial charge >= 0.3 is 0 Å². The van der Waals surface area contributed by atoms with Crippen LogP contribution in [0.1, 0.15) is 30.7 Å². The number of aromatic nitrogens is 4. The molecule has 0 fully saturated rings. The molecule has 1 unspecified atom stereocenters. The zero-order valence-electron chi connectivity index (χ0n) is 18.4. The normalized spacial score (nSPS) is 13.0. The van der Waals surface area contributed by atoms with Crippen molar-refractivity contribution >= 4 is 55.4 Å². The number of aryl methyl sites for hydroxylation is 1. The van der Waals surface area contributed by atoms with Gasteiger partial charge in [-0.05, 0) is 59.3 Å². The molecule has 6 aromatic rings. The van der Waals surface area contributed by atoms with Crippen LogP contribution in [0.25, 0.3) is 54.7 Å². The van der Waals surface area contributed by atoms with E-state index in [1.54, 1.807) is 11.8 Å². The predicted octanol–water partition coefficient (Wildman–Crippen LogP) is 7.40. The number of nitrogens with one attached hydrogen (secondary N) is 2. The summed E-state index contributed by atoms with van der Waals surface area (Å²) in [5, 5.41) is 5.15. The summed E-state index contributed by atoms with van der Waals surface area (Å²) in [5.74, 6) is 2.07. The summed E-state index contributed by atoms with van der Waals surface area (Å²) in [4.78, 5) is 16.6. The van der Waals surface area contributed by atoms with E-state index in [1.165, 1.54) is 32.7 Å². The lowest BCUT2D eigenvalue weighted by Crippen LogP contribution is -1.89. The summed E-state index contributed by atoms with van der Waals surface area (Å²) in [6, 6.07) is 22.0. The molecule has 6 rings (SSSR count). The smallest absolute Gasteiger partial charge is 0.120 e. The van der Waals surface area contributed by atoms with Crippen LogP contribution in [0.3, 0.4) is 0 Å². The van der Waals surface area contributed by atoms with Gasteiger partial charge in [0.15, 0.2) is 0 Å². The number of H-pyrrole nitrogens is 2. The van der Waals surface area contributed by atoms with Gasteiger partial charge in [-0.25, -0.2) is 9.97 Å². The Morgan fingerprint density at radius 2 is 1.38 bits per heavy atom. The molecule has 4 nitrogen and oxygen atoms in total. The van der Waals surface area contributed by atoms with Crippen LogP contribution in [0.2, 0.25) is 0 Å². The first-order chi connectivity index (χ1) is 15.6. The lowest BCUT2D eigenvalue weighted by atomic mass is 9.98. The van der Waals surface area contributed by atoms with Gasteiger partial charge < -0.3 is 9.97 Å². The number of hydrogen-bond acceptors (Lipinski definition) is 3. The summed E-state index contributed by atoms with van der Waals surface area (Å²) >= 11 is 1.80. The number of aromatic amines is 2. The second kappa shape index (κ2) is 7.38. The first kappa shape index (κ1) is 19.4. The van der Waals surface area contributed by atoms with E-state index in [1.807, 2.05) is 0 Å². The molecule has 0 amide bonds. The summed E-state index contributed by atoms with van der Waals surface area (Å²) in [5.41, 5.74) is 6.73. The molecular formula is C27H24N4S. The van der Waals surface area contributed by atoms with E-state index in [2.05, 4.69) is 90.7 Å². The van der Waals surface area contributed by atoms with Crippen LogP contribution < -0.4 is 0 Å². The summed E-state index contributed by atoms with van der Waals surface area (Å²) in [7, 11) is 0. The van der Waals surface area contributed by atoms with Gasteiger partial charge in [0, 0.05) is 17.2 Å². The van der Waals surface area contributed by atoms with Gasteiger partial charge in [0.25, 0.3) is 0 Å². The number of thioether (sulfide) groups is 1. The largest absolute Gasteiger partial charge is 0.342 e. The van der Waals surface area contributed by atoms with Crippen molar-refractivity contribution < 1.29 is 0 Å². The highest BCUT2D eigenvalue weighted by molar-refractivity contribution is 7.98. The molecule has 2 heterocycles. The SMILES string of the molecule is CCc1nc2c(ccc3cc(-c4ccc5c(ccc6[nH]c(C(C)SC)nc65)c4)ccc32)[nH]1. The average molecular weight is 437 g/mol. The van der Waals surface area contributed by atoms with Crippen LogP contribution in [0.4, 0.5) is 0 Å². The minimum Gasteiger partial charge on any atom is -0.342 e. The zero-order chi connectivity index (χ0) is 21.8. The van der Waals surface area contributed by atoms with Crippen molar-refractivity contribution in [2.24, 2.45) is 0 Å². The molecule has 0 aliphatic rings. The number of benzene rings is 4. The average Bonchev–Trinajstić information content (AvgIpc) is 3.47. The number of rotatable bonds is 4. The van der Waals surface area contributed by atoms with Crippen LogP contribution in [0.15, 0.2) is 60.7 Å². The monoisotopic (exact) mass is 436 g/mol. The van der Waals surface area contributed by atoms with Crippen molar-refractivity contribution in [3.8, 4) is 11.1 Å². The van der Waals surface area contributed by atoms with Crippen LogP contribution in [-0.4, -0.2) is 26.2 Å². The standard InChI is InChI=1S/C27H24N4S/c1-4-24-28-22-11-7-18-13-16(5-9-20(18)25(22)30-24)17-6-10-21-19(14-17)8-12-23-26(21)31-27(29-23)15(2)32-3/h5-15H,4H2,1-3H3,(H,28,30)(H,29,31). The van der Waals surface area contributed by atoms with E-state index in [-0.39, 0.29) is 0 Å². The number of hydrogen-bond donors (Lipinski definition) is 2. The lowest BCUT2D eigenvalue weighted by Gasteiger charge is -2.07. The van der Waals surface area contributed by atoms with E-state index in [0.29, 0.717) is 5.25 Å². The molecule has 2 N–H and O–H groups in total. The van der Waals surface area contributed by atoms with E-state index < -0.39 is 0 Å². The van der Waals surface area contributed by atoms with E-state index in [4.69, 9.17) is 9.97 Å². The third kappa shape index (κ3) is 3.00. The quantitative estimate of drug-likeness (QED) is 0.303. The Hall–Kier alpha value is -3.31. The minimum atomic E-state index is 0.351. The van der Waals surface area contributed by atoms with E-state index >= 15 is 0 Å². The maximum Gasteiger partial charge on any atom is 0.120 e. The third-order valence-corrected chi connectivity index (χ3v) is 7.34. The first-order valence-electron chi connectivity index (χ1n) is 11.0. The fourth-order valence-electron chi connectivity index (χ4n) is 4.50. The molecule has 0 spiro atoms. The fraction of sp³-hybridized carbons (Fsp3) is 0.185. The lowest BCUT2D eigenvalue weighted by molar-refractivity contribution is 0.976. The Bertz CT molecular complexity index is 1630. The highest BCUT2D eigenvalue weighted by Crippen LogP contribution is 2.33. The predicted molar refractivity (Wildman–Crippen MR) is 138 cm³/mol. The Labute approximate surface area is 190 Å². The Morgan fingerprint density at radius 3 is 1.97 bits per heavy atom. The van der Waals surface area contributed by atoms with Gasteiger partial charge in [-0.1, -0.05) is 43.3 Å². The molecule has 0 saturated carbocycles. The van der Waals surface area contributed by atoms with Gasteiger partial charge in [-0.15, -0.1) is 0 Å². The highest BCUT2D eigenvalue weighted by Gasteiger charge is 2.13. The second-order valence-electron chi connectivity index (χ2n) is 8.33. The van der Waals surface area contributed by atoms with E-state index in [0.717, 1.165) is 40.1 Å². The van der Waals surface area contributed by atoms with Crippen molar-refractivity contribution in [3.05, 3.63) is 72.3 Å². The van der Waals surface area contributed by atoms with Crippen LogP contribution in [0.5, 0.6) is 0 Å².